The second kappa shape index (κ2) is 6.41. The first-order valence-electron chi connectivity index (χ1n) is 5.96. The highest BCUT2D eigenvalue weighted by Gasteiger charge is 2.12. The number of carbonyl (C=O) groups is 1. The number of nitrogens with two attached hydrogens (primary N) is 1. The molecule has 2 aromatic rings. The van der Waals surface area contributed by atoms with Crippen LogP contribution < -0.4 is 11.1 Å². The third kappa shape index (κ3) is 3.16. The summed E-state index contributed by atoms with van der Waals surface area (Å²) in [6.45, 7) is 2.11. The summed E-state index contributed by atoms with van der Waals surface area (Å²) in [4.78, 5) is 16.1. The number of benzene rings is 1. The third-order valence-corrected chi connectivity index (χ3v) is 2.61. The highest BCUT2D eigenvalue weighted by molar-refractivity contribution is 6.04. The minimum atomic E-state index is -0.299. The van der Waals surface area contributed by atoms with E-state index in [4.69, 9.17) is 5.73 Å². The fraction of sp³-hybridized carbons (Fsp3) is 0.143. The van der Waals surface area contributed by atoms with Crippen molar-refractivity contribution < 1.29 is 4.79 Å². The Hall–Kier alpha value is -2.78. The minimum Gasteiger partial charge on any atom is -0.320 e. The Bertz CT molecular complexity index is 673. The van der Waals surface area contributed by atoms with Crippen LogP contribution in [0.5, 0.6) is 0 Å². The van der Waals surface area contributed by atoms with Crippen LogP contribution in [-0.4, -0.2) is 27.6 Å². The Labute approximate surface area is 116 Å². The molecule has 6 nitrogen and oxygen atoms in total. The van der Waals surface area contributed by atoms with Gasteiger partial charge in [-0.05, 0) is 24.6 Å². The third-order valence-electron chi connectivity index (χ3n) is 2.61. The molecule has 0 aliphatic carbocycles. The largest absolute Gasteiger partial charge is 0.320 e. The van der Waals surface area contributed by atoms with Crippen LogP contribution >= 0.6 is 0 Å². The molecule has 20 heavy (non-hydrogen) atoms. The van der Waals surface area contributed by atoms with E-state index >= 15 is 0 Å². The van der Waals surface area contributed by atoms with Gasteiger partial charge in [0.25, 0.3) is 5.91 Å². The maximum Gasteiger partial charge on any atom is 0.258 e. The molecule has 1 aromatic carbocycles. The molecule has 0 radical (unpaired) electrons. The van der Waals surface area contributed by atoms with E-state index in [2.05, 4.69) is 32.3 Å². The van der Waals surface area contributed by atoms with Gasteiger partial charge in [0, 0.05) is 11.1 Å². The van der Waals surface area contributed by atoms with Gasteiger partial charge in [0.05, 0.1) is 18.9 Å². The van der Waals surface area contributed by atoms with E-state index in [-0.39, 0.29) is 18.4 Å². The molecule has 1 heterocycles. The van der Waals surface area contributed by atoms with Crippen molar-refractivity contribution >= 4 is 11.9 Å². The molecule has 100 valence electrons. The maximum atomic E-state index is 12.2. The van der Waals surface area contributed by atoms with E-state index in [9.17, 15) is 4.79 Å². The SMILES string of the molecule is Cc1c(C#CCN)cccc1C(=O)Nc1nccnn1. The molecule has 0 saturated heterocycles. The summed E-state index contributed by atoms with van der Waals surface area (Å²) in [6, 6.07) is 5.33. The molecule has 0 spiro atoms. The van der Waals surface area contributed by atoms with Crippen molar-refractivity contribution in [3.8, 4) is 11.8 Å². The predicted octanol–water partition coefficient (Wildman–Crippen LogP) is 0.743. The van der Waals surface area contributed by atoms with E-state index in [1.54, 1.807) is 12.1 Å². The molecule has 6 heteroatoms. The second-order valence-electron chi connectivity index (χ2n) is 3.90. The van der Waals surface area contributed by atoms with Crippen LogP contribution in [0.2, 0.25) is 0 Å². The van der Waals surface area contributed by atoms with Crippen LogP contribution in [-0.2, 0) is 0 Å². The van der Waals surface area contributed by atoms with Crippen LogP contribution in [0.1, 0.15) is 21.5 Å². The number of rotatable bonds is 2. The molecule has 0 aliphatic heterocycles. The Kier molecular flexibility index (Phi) is 4.37. The van der Waals surface area contributed by atoms with Gasteiger partial charge >= 0.3 is 0 Å². The molecular weight excluding hydrogens is 254 g/mol. The lowest BCUT2D eigenvalue weighted by Crippen LogP contribution is -2.16. The predicted molar refractivity (Wildman–Crippen MR) is 74.9 cm³/mol. The van der Waals surface area contributed by atoms with Crippen molar-refractivity contribution in [3.63, 3.8) is 0 Å². The average Bonchev–Trinajstić information content (AvgIpc) is 2.47. The molecular formula is C14H13N5O. The van der Waals surface area contributed by atoms with E-state index in [1.165, 1.54) is 12.4 Å². The number of carbonyl (C=O) groups excluding carboxylic acids is 1. The van der Waals surface area contributed by atoms with Crippen LogP contribution in [0.4, 0.5) is 5.95 Å². The van der Waals surface area contributed by atoms with Crippen LogP contribution in [0.15, 0.2) is 30.6 Å². The standard InChI is InChI=1S/C14H13N5O/c1-10-11(5-3-7-15)4-2-6-12(10)13(20)18-14-16-8-9-17-19-14/h2,4,6,8-9H,7,15H2,1H3,(H,16,18,19,20). The van der Waals surface area contributed by atoms with Crippen LogP contribution in [0.25, 0.3) is 0 Å². The molecule has 3 N–H and O–H groups in total. The Morgan fingerprint density at radius 1 is 1.40 bits per heavy atom. The first kappa shape index (κ1) is 13.6. The number of hydrogen-bond acceptors (Lipinski definition) is 5. The first-order valence-corrected chi connectivity index (χ1v) is 5.96. The molecule has 1 amide bonds. The number of nitrogens with one attached hydrogen (secondary N) is 1. The lowest BCUT2D eigenvalue weighted by Gasteiger charge is -2.07. The topological polar surface area (TPSA) is 93.8 Å². The van der Waals surface area contributed by atoms with Gasteiger partial charge in [-0.2, -0.15) is 5.10 Å². The average molecular weight is 267 g/mol. The normalized spacial score (nSPS) is 9.50. The van der Waals surface area contributed by atoms with Gasteiger partial charge < -0.3 is 5.73 Å². The molecule has 1 aromatic heterocycles. The minimum absolute atomic E-state index is 0.162. The maximum absolute atomic E-state index is 12.2. The van der Waals surface area contributed by atoms with Crippen LogP contribution in [0, 0.1) is 18.8 Å². The summed E-state index contributed by atoms with van der Waals surface area (Å²) in [7, 11) is 0. The molecule has 0 bridgehead atoms. The van der Waals surface area contributed by atoms with E-state index in [0.29, 0.717) is 5.56 Å². The summed E-state index contributed by atoms with van der Waals surface area (Å²) >= 11 is 0. The lowest BCUT2D eigenvalue weighted by molar-refractivity contribution is 0.102. The van der Waals surface area contributed by atoms with Crippen molar-refractivity contribution in [2.45, 2.75) is 6.92 Å². The first-order chi connectivity index (χ1) is 9.72. The highest BCUT2D eigenvalue weighted by Crippen LogP contribution is 2.14. The van der Waals surface area contributed by atoms with Crippen molar-refractivity contribution in [3.05, 3.63) is 47.3 Å². The van der Waals surface area contributed by atoms with Crippen LogP contribution in [0.3, 0.4) is 0 Å². The Morgan fingerprint density at radius 2 is 2.25 bits per heavy atom. The van der Waals surface area contributed by atoms with Gasteiger partial charge in [-0.3, -0.25) is 10.1 Å². The number of nitrogens with zero attached hydrogens (tertiary/aromatic N) is 3. The zero-order valence-electron chi connectivity index (χ0n) is 10.9. The summed E-state index contributed by atoms with van der Waals surface area (Å²) < 4.78 is 0. The van der Waals surface area contributed by atoms with Crippen molar-refractivity contribution in [2.24, 2.45) is 5.73 Å². The fourth-order valence-corrected chi connectivity index (χ4v) is 1.64. The van der Waals surface area contributed by atoms with Crippen molar-refractivity contribution in [2.75, 3.05) is 11.9 Å². The molecule has 2 rings (SSSR count). The van der Waals surface area contributed by atoms with E-state index in [0.717, 1.165) is 11.1 Å². The quantitative estimate of drug-likeness (QED) is 0.783. The molecule has 0 unspecified atom stereocenters. The fourth-order valence-electron chi connectivity index (χ4n) is 1.64. The van der Waals surface area contributed by atoms with Gasteiger partial charge in [-0.1, -0.05) is 17.9 Å². The molecule has 0 saturated carbocycles. The molecule has 0 aliphatic rings. The second-order valence-corrected chi connectivity index (χ2v) is 3.90. The zero-order chi connectivity index (χ0) is 14.4. The summed E-state index contributed by atoms with van der Waals surface area (Å²) in [5.41, 5.74) is 7.43. The smallest absolute Gasteiger partial charge is 0.258 e. The Morgan fingerprint density at radius 3 is 2.95 bits per heavy atom. The number of aromatic nitrogens is 3. The zero-order valence-corrected chi connectivity index (χ0v) is 10.9. The number of anilines is 1. The summed E-state index contributed by atoms with van der Waals surface area (Å²) in [5.74, 6) is 5.57. The molecule has 0 fully saturated rings. The highest BCUT2D eigenvalue weighted by atomic mass is 16.1. The van der Waals surface area contributed by atoms with Gasteiger partial charge in [-0.25, -0.2) is 4.98 Å². The van der Waals surface area contributed by atoms with Gasteiger partial charge in [-0.15, -0.1) is 5.10 Å². The number of hydrogen-bond donors (Lipinski definition) is 2. The van der Waals surface area contributed by atoms with Crippen molar-refractivity contribution in [1.29, 1.82) is 0 Å². The lowest BCUT2D eigenvalue weighted by atomic mass is 10.0. The summed E-state index contributed by atoms with van der Waals surface area (Å²) in [6.07, 6.45) is 2.89. The van der Waals surface area contributed by atoms with E-state index in [1.807, 2.05) is 13.0 Å². The van der Waals surface area contributed by atoms with Crippen molar-refractivity contribution in [1.82, 2.24) is 15.2 Å². The van der Waals surface area contributed by atoms with Gasteiger partial charge in [0.1, 0.15) is 0 Å². The number of amides is 1. The van der Waals surface area contributed by atoms with Gasteiger partial charge in [0.2, 0.25) is 5.95 Å². The van der Waals surface area contributed by atoms with Gasteiger partial charge in [0.15, 0.2) is 0 Å². The van der Waals surface area contributed by atoms with E-state index < -0.39 is 0 Å². The monoisotopic (exact) mass is 267 g/mol. The Balaban J connectivity index is 2.26. The molecule has 0 atom stereocenters. The summed E-state index contributed by atoms with van der Waals surface area (Å²) in [5, 5.41) is 9.94.